The van der Waals surface area contributed by atoms with Gasteiger partial charge in [-0.25, -0.2) is 4.98 Å². The van der Waals surface area contributed by atoms with Gasteiger partial charge in [0, 0.05) is 12.6 Å². The molecule has 82 valence electrons. The van der Waals surface area contributed by atoms with Crippen molar-refractivity contribution < 1.29 is 0 Å². The third kappa shape index (κ3) is 2.25. The van der Waals surface area contributed by atoms with E-state index in [1.54, 1.807) is 0 Å². The van der Waals surface area contributed by atoms with Gasteiger partial charge in [0.15, 0.2) is 0 Å². The fourth-order valence-electron chi connectivity index (χ4n) is 2.33. The highest BCUT2D eigenvalue weighted by Crippen LogP contribution is 2.28. The maximum Gasteiger partial charge on any atom is 0.131 e. The van der Waals surface area contributed by atoms with Crippen molar-refractivity contribution in [3.05, 3.63) is 23.4 Å². The molecule has 1 atom stereocenters. The largest absolute Gasteiger partial charge is 0.353 e. The Kier molecular flexibility index (Phi) is 3.15. The van der Waals surface area contributed by atoms with E-state index in [-0.39, 0.29) is 0 Å². The van der Waals surface area contributed by atoms with Gasteiger partial charge in [-0.3, -0.25) is 0 Å². The number of aromatic nitrogens is 1. The van der Waals surface area contributed by atoms with Crippen molar-refractivity contribution in [2.45, 2.75) is 32.7 Å². The molecule has 1 saturated heterocycles. The Bertz CT molecular complexity index is 338. The van der Waals surface area contributed by atoms with Crippen LogP contribution in [0.2, 0.25) is 5.15 Å². The quantitative estimate of drug-likeness (QED) is 0.717. The third-order valence-corrected chi connectivity index (χ3v) is 3.27. The predicted octanol–water partition coefficient (Wildman–Crippen LogP) is 3.36. The second-order valence-electron chi connectivity index (χ2n) is 4.47. The molecule has 15 heavy (non-hydrogen) atoms. The molecule has 1 aliphatic rings. The van der Waals surface area contributed by atoms with Gasteiger partial charge in [-0.2, -0.15) is 0 Å². The maximum atomic E-state index is 5.91. The number of anilines is 1. The lowest BCUT2D eigenvalue weighted by Crippen LogP contribution is -2.33. The van der Waals surface area contributed by atoms with Gasteiger partial charge in [-0.05, 0) is 30.9 Å². The van der Waals surface area contributed by atoms with Gasteiger partial charge < -0.3 is 4.90 Å². The van der Waals surface area contributed by atoms with Gasteiger partial charge in [0.2, 0.25) is 0 Å². The molecule has 2 nitrogen and oxygen atoms in total. The van der Waals surface area contributed by atoms with Crippen molar-refractivity contribution in [3.8, 4) is 0 Å². The highest BCUT2D eigenvalue weighted by atomic mass is 35.5. The molecule has 0 amide bonds. The fourth-order valence-corrected chi connectivity index (χ4v) is 2.49. The van der Waals surface area contributed by atoms with Crippen LogP contribution in [0.25, 0.3) is 0 Å². The summed E-state index contributed by atoms with van der Waals surface area (Å²) in [5, 5.41) is 0.585. The summed E-state index contributed by atoms with van der Waals surface area (Å²) in [6.45, 7) is 5.65. The number of hydrogen-bond acceptors (Lipinski definition) is 2. The zero-order valence-corrected chi connectivity index (χ0v) is 10.0. The average molecular weight is 225 g/mol. The first kappa shape index (κ1) is 10.7. The normalized spacial score (nSPS) is 21.3. The molecule has 0 aliphatic carbocycles. The van der Waals surface area contributed by atoms with E-state index < -0.39 is 0 Å². The average Bonchev–Trinajstić information content (AvgIpc) is 2.65. The predicted molar refractivity (Wildman–Crippen MR) is 64.5 cm³/mol. The first-order valence-electron chi connectivity index (χ1n) is 5.57. The molecule has 3 heteroatoms. The number of hydrogen-bond donors (Lipinski definition) is 0. The highest BCUT2D eigenvalue weighted by Gasteiger charge is 2.27. The zero-order chi connectivity index (χ0) is 10.8. The summed E-state index contributed by atoms with van der Waals surface area (Å²) in [5.74, 6) is 1.70. The van der Waals surface area contributed by atoms with E-state index in [0.717, 1.165) is 12.4 Å². The van der Waals surface area contributed by atoms with E-state index in [1.165, 1.54) is 12.8 Å². The van der Waals surface area contributed by atoms with E-state index in [4.69, 9.17) is 11.6 Å². The SMILES string of the molecule is CC(C)C1CCCN1c1cccc(Cl)n1. The molecule has 1 fully saturated rings. The second-order valence-corrected chi connectivity index (χ2v) is 4.85. The summed E-state index contributed by atoms with van der Waals surface area (Å²) in [5.41, 5.74) is 0. The van der Waals surface area contributed by atoms with Crippen LogP contribution in [0.3, 0.4) is 0 Å². The Balaban J connectivity index is 2.22. The Morgan fingerprint density at radius 3 is 2.93 bits per heavy atom. The number of nitrogens with zero attached hydrogens (tertiary/aromatic N) is 2. The lowest BCUT2D eigenvalue weighted by Gasteiger charge is -2.28. The molecule has 0 spiro atoms. The van der Waals surface area contributed by atoms with Crippen molar-refractivity contribution in [3.63, 3.8) is 0 Å². The number of rotatable bonds is 2. The lowest BCUT2D eigenvalue weighted by atomic mass is 10.0. The van der Waals surface area contributed by atoms with Crippen LogP contribution < -0.4 is 4.90 Å². The van der Waals surface area contributed by atoms with Gasteiger partial charge in [-0.1, -0.05) is 31.5 Å². The van der Waals surface area contributed by atoms with E-state index in [2.05, 4.69) is 23.7 Å². The van der Waals surface area contributed by atoms with Gasteiger partial charge in [-0.15, -0.1) is 0 Å². The van der Waals surface area contributed by atoms with E-state index in [1.807, 2.05) is 18.2 Å². The molecule has 1 aliphatic heterocycles. The summed E-state index contributed by atoms with van der Waals surface area (Å²) >= 11 is 5.91. The monoisotopic (exact) mass is 224 g/mol. The minimum absolute atomic E-state index is 0.585. The van der Waals surface area contributed by atoms with Gasteiger partial charge in [0.25, 0.3) is 0 Å². The van der Waals surface area contributed by atoms with Gasteiger partial charge in [0.05, 0.1) is 0 Å². The Labute approximate surface area is 96.3 Å². The molecule has 1 aromatic rings. The second kappa shape index (κ2) is 4.40. The zero-order valence-electron chi connectivity index (χ0n) is 9.28. The summed E-state index contributed by atoms with van der Waals surface area (Å²) < 4.78 is 0. The maximum absolute atomic E-state index is 5.91. The molecule has 1 unspecified atom stereocenters. The molecule has 0 N–H and O–H groups in total. The number of halogens is 1. The van der Waals surface area contributed by atoms with Gasteiger partial charge >= 0.3 is 0 Å². The molecule has 0 saturated carbocycles. The summed E-state index contributed by atoms with van der Waals surface area (Å²) in [6, 6.07) is 6.47. The molecule has 0 radical (unpaired) electrons. The van der Waals surface area contributed by atoms with Crippen molar-refractivity contribution in [2.24, 2.45) is 5.92 Å². The summed E-state index contributed by atoms with van der Waals surface area (Å²) in [7, 11) is 0. The van der Waals surface area contributed by atoms with E-state index in [9.17, 15) is 0 Å². The summed E-state index contributed by atoms with van der Waals surface area (Å²) in [6.07, 6.45) is 2.53. The smallest absolute Gasteiger partial charge is 0.131 e. The van der Waals surface area contributed by atoms with Crippen LogP contribution >= 0.6 is 11.6 Å². The van der Waals surface area contributed by atoms with Gasteiger partial charge in [0.1, 0.15) is 11.0 Å². The van der Waals surface area contributed by atoms with Crippen molar-refractivity contribution in [1.29, 1.82) is 0 Å². The number of pyridine rings is 1. The third-order valence-electron chi connectivity index (χ3n) is 3.06. The molecule has 2 heterocycles. The standard InChI is InChI=1S/C12H17ClN2/c1-9(2)10-5-4-8-15(10)12-7-3-6-11(13)14-12/h3,6-7,9-10H,4-5,8H2,1-2H3. The highest BCUT2D eigenvalue weighted by molar-refractivity contribution is 6.29. The van der Waals surface area contributed by atoms with Crippen LogP contribution in [0.4, 0.5) is 5.82 Å². The molecule has 0 aromatic carbocycles. The van der Waals surface area contributed by atoms with Crippen LogP contribution in [0.1, 0.15) is 26.7 Å². The molecule has 0 bridgehead atoms. The van der Waals surface area contributed by atoms with E-state index in [0.29, 0.717) is 17.1 Å². The topological polar surface area (TPSA) is 16.1 Å². The van der Waals surface area contributed by atoms with Crippen molar-refractivity contribution in [2.75, 3.05) is 11.4 Å². The van der Waals surface area contributed by atoms with E-state index >= 15 is 0 Å². The van der Waals surface area contributed by atoms with Crippen molar-refractivity contribution >= 4 is 17.4 Å². The molecule has 2 rings (SSSR count). The minimum atomic E-state index is 0.585. The van der Waals surface area contributed by atoms with Crippen LogP contribution in [0, 0.1) is 5.92 Å². The Morgan fingerprint density at radius 1 is 1.47 bits per heavy atom. The molecular formula is C12H17ClN2. The summed E-state index contributed by atoms with van der Waals surface area (Å²) in [4.78, 5) is 6.76. The van der Waals surface area contributed by atoms with Crippen LogP contribution in [0.5, 0.6) is 0 Å². The van der Waals surface area contributed by atoms with Crippen LogP contribution in [-0.2, 0) is 0 Å². The molecule has 1 aromatic heterocycles. The van der Waals surface area contributed by atoms with Crippen LogP contribution in [0.15, 0.2) is 18.2 Å². The van der Waals surface area contributed by atoms with Crippen LogP contribution in [-0.4, -0.2) is 17.6 Å². The Morgan fingerprint density at radius 2 is 2.27 bits per heavy atom. The van der Waals surface area contributed by atoms with Crippen molar-refractivity contribution in [1.82, 2.24) is 4.98 Å². The lowest BCUT2D eigenvalue weighted by molar-refractivity contribution is 0.489. The Hall–Kier alpha value is -0.760. The first-order valence-corrected chi connectivity index (χ1v) is 5.95. The molecular weight excluding hydrogens is 208 g/mol. The first-order chi connectivity index (χ1) is 7.18. The minimum Gasteiger partial charge on any atom is -0.353 e. The fraction of sp³-hybridized carbons (Fsp3) is 0.583.